The van der Waals surface area contributed by atoms with Gasteiger partial charge in [0.25, 0.3) is 5.69 Å². The number of hydrazine groups is 1. The van der Waals surface area contributed by atoms with Crippen LogP contribution in [-0.2, 0) is 4.74 Å². The van der Waals surface area contributed by atoms with Crippen molar-refractivity contribution in [3.05, 3.63) is 34.4 Å². The van der Waals surface area contributed by atoms with E-state index in [4.69, 9.17) is 9.47 Å². The highest BCUT2D eigenvalue weighted by Gasteiger charge is 2.09. The van der Waals surface area contributed by atoms with Crippen LogP contribution >= 0.6 is 0 Å². The predicted molar refractivity (Wildman–Crippen MR) is 69.0 cm³/mol. The van der Waals surface area contributed by atoms with Crippen LogP contribution in [0.5, 0.6) is 5.75 Å². The second-order valence-electron chi connectivity index (χ2n) is 4.11. The van der Waals surface area contributed by atoms with Crippen LogP contribution in [0.4, 0.5) is 5.69 Å². The summed E-state index contributed by atoms with van der Waals surface area (Å²) in [5.74, 6) is 0.634. The molecule has 0 bridgehead atoms. The third-order valence-corrected chi connectivity index (χ3v) is 2.76. The van der Waals surface area contributed by atoms with Crippen LogP contribution in [0, 0.1) is 10.1 Å². The molecule has 104 valence electrons. The van der Waals surface area contributed by atoms with Crippen LogP contribution in [0.15, 0.2) is 24.3 Å². The zero-order valence-corrected chi connectivity index (χ0v) is 10.6. The van der Waals surface area contributed by atoms with Gasteiger partial charge in [0.05, 0.1) is 18.1 Å². The van der Waals surface area contributed by atoms with Crippen molar-refractivity contribution in [1.29, 1.82) is 0 Å². The lowest BCUT2D eigenvalue weighted by Crippen LogP contribution is -2.46. The summed E-state index contributed by atoms with van der Waals surface area (Å²) in [4.78, 5) is 10.1. The Morgan fingerprint density at radius 3 is 2.63 bits per heavy atom. The van der Waals surface area contributed by atoms with Gasteiger partial charge in [0, 0.05) is 31.8 Å². The maximum atomic E-state index is 10.5. The molecule has 0 amide bonds. The van der Waals surface area contributed by atoms with Crippen molar-refractivity contribution < 1.29 is 14.4 Å². The summed E-state index contributed by atoms with van der Waals surface area (Å²) < 4.78 is 10.7. The topological polar surface area (TPSA) is 76.9 Å². The molecule has 19 heavy (non-hydrogen) atoms. The molecular weight excluding hydrogens is 250 g/mol. The van der Waals surface area contributed by atoms with Crippen LogP contribution < -0.4 is 10.2 Å². The van der Waals surface area contributed by atoms with Gasteiger partial charge in [-0.25, -0.2) is 5.01 Å². The number of non-ortho nitro benzene ring substituents is 1. The van der Waals surface area contributed by atoms with Crippen LogP contribution in [0.25, 0.3) is 0 Å². The predicted octanol–water partition coefficient (Wildman–Crippen LogP) is 0.810. The number of nitro groups is 1. The molecule has 0 atom stereocenters. The Hall–Kier alpha value is -1.70. The number of nitrogens with one attached hydrogen (secondary N) is 1. The van der Waals surface area contributed by atoms with Crippen molar-refractivity contribution >= 4 is 5.69 Å². The van der Waals surface area contributed by atoms with E-state index in [1.165, 1.54) is 12.1 Å². The molecule has 1 aliphatic heterocycles. The van der Waals surface area contributed by atoms with Crippen molar-refractivity contribution in [2.24, 2.45) is 0 Å². The quantitative estimate of drug-likeness (QED) is 0.467. The van der Waals surface area contributed by atoms with E-state index in [2.05, 4.69) is 10.4 Å². The molecule has 7 nitrogen and oxygen atoms in total. The Kier molecular flexibility index (Phi) is 5.08. The molecule has 1 fully saturated rings. The van der Waals surface area contributed by atoms with Gasteiger partial charge in [0.1, 0.15) is 12.4 Å². The molecular formula is C12H17N3O4. The average Bonchev–Trinajstić information content (AvgIpc) is 2.45. The molecule has 0 spiro atoms. The largest absolute Gasteiger partial charge is 0.492 e. The van der Waals surface area contributed by atoms with Gasteiger partial charge in [-0.3, -0.25) is 15.5 Å². The first-order chi connectivity index (χ1) is 9.25. The monoisotopic (exact) mass is 267 g/mol. The van der Waals surface area contributed by atoms with Gasteiger partial charge in [0.2, 0.25) is 0 Å². The van der Waals surface area contributed by atoms with Gasteiger partial charge in [-0.2, -0.15) is 0 Å². The zero-order valence-electron chi connectivity index (χ0n) is 10.6. The summed E-state index contributed by atoms with van der Waals surface area (Å²) in [5, 5.41) is 12.6. The summed E-state index contributed by atoms with van der Waals surface area (Å²) >= 11 is 0. The highest BCUT2D eigenvalue weighted by Crippen LogP contribution is 2.16. The maximum Gasteiger partial charge on any atom is 0.269 e. The highest BCUT2D eigenvalue weighted by atomic mass is 16.6. The fourth-order valence-electron chi connectivity index (χ4n) is 1.76. The van der Waals surface area contributed by atoms with Gasteiger partial charge in [0.15, 0.2) is 0 Å². The van der Waals surface area contributed by atoms with E-state index in [1.54, 1.807) is 12.1 Å². The number of ether oxygens (including phenoxy) is 2. The Morgan fingerprint density at radius 2 is 2.00 bits per heavy atom. The fraction of sp³-hybridized carbons (Fsp3) is 0.500. The number of morpholine rings is 1. The van der Waals surface area contributed by atoms with E-state index < -0.39 is 4.92 Å². The first-order valence-electron chi connectivity index (χ1n) is 6.19. The second kappa shape index (κ2) is 7.03. The molecule has 0 saturated carbocycles. The molecule has 1 N–H and O–H groups in total. The molecule has 0 aliphatic carbocycles. The molecule has 1 saturated heterocycles. The fourth-order valence-corrected chi connectivity index (χ4v) is 1.76. The lowest BCUT2D eigenvalue weighted by Gasteiger charge is -2.27. The summed E-state index contributed by atoms with van der Waals surface area (Å²) in [7, 11) is 0. The van der Waals surface area contributed by atoms with E-state index in [9.17, 15) is 10.1 Å². The van der Waals surface area contributed by atoms with E-state index >= 15 is 0 Å². The van der Waals surface area contributed by atoms with Crippen molar-refractivity contribution in [3.8, 4) is 5.75 Å². The molecule has 2 rings (SSSR count). The van der Waals surface area contributed by atoms with Crippen molar-refractivity contribution in [3.63, 3.8) is 0 Å². The summed E-state index contributed by atoms with van der Waals surface area (Å²) in [6.07, 6.45) is 0. The standard InChI is InChI=1S/C12H17N3O4/c16-15(17)11-1-3-12(4-2-11)19-8-5-13-14-6-9-18-10-7-14/h1-4,13H,5-10H2. The summed E-state index contributed by atoms with van der Waals surface area (Å²) in [5.41, 5.74) is 3.31. The number of nitrogens with zero attached hydrogens (tertiary/aromatic N) is 2. The Labute approximate surface area is 111 Å². The van der Waals surface area contributed by atoms with Gasteiger partial charge in [-0.1, -0.05) is 0 Å². The zero-order chi connectivity index (χ0) is 13.5. The molecule has 1 heterocycles. The summed E-state index contributed by atoms with van der Waals surface area (Å²) in [6.45, 7) is 4.44. The lowest BCUT2D eigenvalue weighted by molar-refractivity contribution is -0.384. The number of rotatable bonds is 6. The SMILES string of the molecule is O=[N+]([O-])c1ccc(OCCNN2CCOCC2)cc1. The van der Waals surface area contributed by atoms with Gasteiger partial charge < -0.3 is 9.47 Å². The highest BCUT2D eigenvalue weighted by molar-refractivity contribution is 5.35. The molecule has 1 aromatic carbocycles. The smallest absolute Gasteiger partial charge is 0.269 e. The second-order valence-corrected chi connectivity index (χ2v) is 4.11. The molecule has 1 aliphatic rings. The average molecular weight is 267 g/mol. The van der Waals surface area contributed by atoms with Crippen molar-refractivity contribution in [2.45, 2.75) is 0 Å². The van der Waals surface area contributed by atoms with E-state index in [0.717, 1.165) is 26.3 Å². The van der Waals surface area contributed by atoms with Crippen LogP contribution in [0.3, 0.4) is 0 Å². The van der Waals surface area contributed by atoms with Gasteiger partial charge in [-0.05, 0) is 12.1 Å². The first-order valence-corrected chi connectivity index (χ1v) is 6.19. The number of hydrogen-bond donors (Lipinski definition) is 1. The Morgan fingerprint density at radius 1 is 1.32 bits per heavy atom. The number of hydrogen-bond acceptors (Lipinski definition) is 6. The molecule has 0 unspecified atom stereocenters. The minimum Gasteiger partial charge on any atom is -0.492 e. The van der Waals surface area contributed by atoms with E-state index in [0.29, 0.717) is 18.9 Å². The molecule has 0 radical (unpaired) electrons. The van der Waals surface area contributed by atoms with Crippen LogP contribution in [0.1, 0.15) is 0 Å². The normalized spacial score (nSPS) is 16.2. The first kappa shape index (κ1) is 13.7. The molecule has 1 aromatic rings. The van der Waals surface area contributed by atoms with Gasteiger partial charge >= 0.3 is 0 Å². The minimum absolute atomic E-state index is 0.0683. The Balaban J connectivity index is 1.66. The summed E-state index contributed by atoms with van der Waals surface area (Å²) in [6, 6.07) is 6.08. The van der Waals surface area contributed by atoms with Gasteiger partial charge in [-0.15, -0.1) is 0 Å². The third kappa shape index (κ3) is 4.47. The van der Waals surface area contributed by atoms with Crippen molar-refractivity contribution in [1.82, 2.24) is 10.4 Å². The van der Waals surface area contributed by atoms with E-state index in [1.807, 2.05) is 0 Å². The molecule has 7 heteroatoms. The van der Waals surface area contributed by atoms with Crippen molar-refractivity contribution in [2.75, 3.05) is 39.5 Å². The lowest BCUT2D eigenvalue weighted by atomic mass is 10.3. The number of nitro benzene ring substituents is 1. The Bertz CT molecular complexity index is 404. The maximum absolute atomic E-state index is 10.5. The van der Waals surface area contributed by atoms with E-state index in [-0.39, 0.29) is 5.69 Å². The van der Waals surface area contributed by atoms with Crippen LogP contribution in [0.2, 0.25) is 0 Å². The third-order valence-electron chi connectivity index (χ3n) is 2.76. The van der Waals surface area contributed by atoms with Crippen LogP contribution in [-0.4, -0.2) is 49.4 Å². The number of benzene rings is 1. The molecule has 0 aromatic heterocycles. The minimum atomic E-state index is -0.427.